The molecule has 2 aliphatic rings. The highest BCUT2D eigenvalue weighted by molar-refractivity contribution is 5.15. The van der Waals surface area contributed by atoms with Gasteiger partial charge in [-0.15, -0.1) is 0 Å². The van der Waals surface area contributed by atoms with Crippen molar-refractivity contribution in [2.24, 2.45) is 0 Å². The van der Waals surface area contributed by atoms with Crippen LogP contribution >= 0.6 is 0 Å². The van der Waals surface area contributed by atoms with E-state index < -0.39 is 0 Å². The van der Waals surface area contributed by atoms with Crippen LogP contribution in [0.4, 0.5) is 0 Å². The quantitative estimate of drug-likeness (QED) is 0.751. The Morgan fingerprint density at radius 3 is 2.26 bits per heavy atom. The highest BCUT2D eigenvalue weighted by Crippen LogP contribution is 2.25. The van der Waals surface area contributed by atoms with E-state index in [1.54, 1.807) is 0 Å². The van der Waals surface area contributed by atoms with Crippen molar-refractivity contribution in [2.45, 2.75) is 31.7 Å². The van der Waals surface area contributed by atoms with Crippen LogP contribution in [-0.4, -0.2) is 61.3 Å². The zero-order valence-electron chi connectivity index (χ0n) is 16.0. The van der Waals surface area contributed by atoms with Gasteiger partial charge in [-0.05, 0) is 17.5 Å². The maximum absolute atomic E-state index is 6.29. The Kier molecular flexibility index (Phi) is 6.53. The monoisotopic (exact) mass is 366 g/mol. The SMILES string of the molecule is c1ccc(CO[C@@H]2C[C@H](CN3CCOCC3)N(Cc3ccccc3)C2)cc1. The van der Waals surface area contributed by atoms with Crippen LogP contribution in [-0.2, 0) is 22.6 Å². The summed E-state index contributed by atoms with van der Waals surface area (Å²) in [4.78, 5) is 5.16. The minimum absolute atomic E-state index is 0.306. The van der Waals surface area contributed by atoms with Gasteiger partial charge in [0, 0.05) is 38.8 Å². The summed E-state index contributed by atoms with van der Waals surface area (Å²) in [5.41, 5.74) is 2.64. The fourth-order valence-electron chi connectivity index (χ4n) is 4.13. The molecule has 144 valence electrons. The Bertz CT molecular complexity index is 673. The number of ether oxygens (including phenoxy) is 2. The lowest BCUT2D eigenvalue weighted by Gasteiger charge is -2.32. The van der Waals surface area contributed by atoms with E-state index in [4.69, 9.17) is 9.47 Å². The van der Waals surface area contributed by atoms with Crippen LogP contribution in [0, 0.1) is 0 Å². The second-order valence-corrected chi connectivity index (χ2v) is 7.64. The van der Waals surface area contributed by atoms with E-state index in [2.05, 4.69) is 70.5 Å². The third-order valence-electron chi connectivity index (χ3n) is 5.62. The molecular weight excluding hydrogens is 336 g/mol. The molecule has 0 aliphatic carbocycles. The number of likely N-dealkylation sites (tertiary alicyclic amines) is 1. The van der Waals surface area contributed by atoms with E-state index in [9.17, 15) is 0 Å². The second kappa shape index (κ2) is 9.47. The smallest absolute Gasteiger partial charge is 0.0722 e. The van der Waals surface area contributed by atoms with Gasteiger partial charge in [0.2, 0.25) is 0 Å². The Morgan fingerprint density at radius 1 is 0.889 bits per heavy atom. The van der Waals surface area contributed by atoms with Gasteiger partial charge in [-0.25, -0.2) is 0 Å². The summed E-state index contributed by atoms with van der Waals surface area (Å²) in [6.07, 6.45) is 1.41. The number of rotatable bonds is 7. The van der Waals surface area contributed by atoms with Crippen molar-refractivity contribution >= 4 is 0 Å². The van der Waals surface area contributed by atoms with Gasteiger partial charge in [0.25, 0.3) is 0 Å². The lowest BCUT2D eigenvalue weighted by atomic mass is 10.1. The Balaban J connectivity index is 1.37. The molecule has 0 N–H and O–H groups in total. The van der Waals surface area contributed by atoms with Gasteiger partial charge in [-0.3, -0.25) is 9.80 Å². The predicted octanol–water partition coefficient (Wildman–Crippen LogP) is 3.18. The van der Waals surface area contributed by atoms with Crippen molar-refractivity contribution in [1.29, 1.82) is 0 Å². The molecule has 0 amide bonds. The van der Waals surface area contributed by atoms with Crippen molar-refractivity contribution in [3.8, 4) is 0 Å². The van der Waals surface area contributed by atoms with Gasteiger partial charge in [0.05, 0.1) is 25.9 Å². The van der Waals surface area contributed by atoms with Crippen LogP contribution in [0.1, 0.15) is 17.5 Å². The summed E-state index contributed by atoms with van der Waals surface area (Å²) in [5, 5.41) is 0. The topological polar surface area (TPSA) is 24.9 Å². The molecule has 2 heterocycles. The van der Waals surface area contributed by atoms with E-state index in [0.29, 0.717) is 18.8 Å². The number of hydrogen-bond donors (Lipinski definition) is 0. The fourth-order valence-corrected chi connectivity index (χ4v) is 4.13. The normalized spacial score (nSPS) is 24.3. The molecule has 0 spiro atoms. The van der Waals surface area contributed by atoms with E-state index in [0.717, 1.165) is 52.4 Å². The van der Waals surface area contributed by atoms with Crippen molar-refractivity contribution in [1.82, 2.24) is 9.80 Å². The lowest BCUT2D eigenvalue weighted by molar-refractivity contribution is 0.0260. The largest absolute Gasteiger partial charge is 0.379 e. The van der Waals surface area contributed by atoms with E-state index in [1.807, 2.05) is 0 Å². The standard InChI is InChI=1S/C23H30N2O2/c1-3-7-20(8-4-1)16-25-18-23(27-19-21-9-5-2-6-10-21)15-22(25)17-24-11-13-26-14-12-24/h1-10,22-23H,11-19H2/t22-,23-/m1/s1. The first-order chi connectivity index (χ1) is 13.4. The van der Waals surface area contributed by atoms with Gasteiger partial charge in [-0.1, -0.05) is 60.7 Å². The minimum Gasteiger partial charge on any atom is -0.379 e. The van der Waals surface area contributed by atoms with Crippen molar-refractivity contribution in [3.05, 3.63) is 71.8 Å². The predicted molar refractivity (Wildman–Crippen MR) is 108 cm³/mol. The molecule has 2 aromatic rings. The van der Waals surface area contributed by atoms with Crippen molar-refractivity contribution in [3.63, 3.8) is 0 Å². The van der Waals surface area contributed by atoms with Crippen molar-refractivity contribution in [2.75, 3.05) is 39.4 Å². The minimum atomic E-state index is 0.306. The maximum Gasteiger partial charge on any atom is 0.0722 e. The van der Waals surface area contributed by atoms with Crippen LogP contribution in [0.3, 0.4) is 0 Å². The average molecular weight is 367 g/mol. The van der Waals surface area contributed by atoms with Crippen LogP contribution in [0.25, 0.3) is 0 Å². The highest BCUT2D eigenvalue weighted by atomic mass is 16.5. The second-order valence-electron chi connectivity index (χ2n) is 7.64. The van der Waals surface area contributed by atoms with E-state index in [-0.39, 0.29) is 0 Å². The molecule has 2 saturated heterocycles. The summed E-state index contributed by atoms with van der Waals surface area (Å²) in [7, 11) is 0. The molecule has 0 saturated carbocycles. The van der Waals surface area contributed by atoms with Gasteiger partial charge in [-0.2, -0.15) is 0 Å². The molecule has 4 rings (SSSR count). The molecule has 0 bridgehead atoms. The Hall–Kier alpha value is -1.72. The van der Waals surface area contributed by atoms with Gasteiger partial charge in [0.15, 0.2) is 0 Å². The molecule has 0 unspecified atom stereocenters. The van der Waals surface area contributed by atoms with Crippen LogP contribution in [0.5, 0.6) is 0 Å². The number of hydrogen-bond acceptors (Lipinski definition) is 4. The van der Waals surface area contributed by atoms with Crippen LogP contribution < -0.4 is 0 Å². The first-order valence-electron chi connectivity index (χ1n) is 10.1. The van der Waals surface area contributed by atoms with E-state index in [1.165, 1.54) is 11.1 Å². The Morgan fingerprint density at radius 2 is 1.56 bits per heavy atom. The zero-order valence-corrected chi connectivity index (χ0v) is 16.0. The number of nitrogens with zero attached hydrogens (tertiary/aromatic N) is 2. The number of morpholine rings is 1. The van der Waals surface area contributed by atoms with Gasteiger partial charge >= 0.3 is 0 Å². The first kappa shape index (κ1) is 18.6. The molecule has 27 heavy (non-hydrogen) atoms. The van der Waals surface area contributed by atoms with Crippen molar-refractivity contribution < 1.29 is 9.47 Å². The lowest BCUT2D eigenvalue weighted by Crippen LogP contribution is -2.44. The number of benzene rings is 2. The summed E-state index contributed by atoms with van der Waals surface area (Å²) in [6.45, 7) is 7.64. The molecule has 2 aliphatic heterocycles. The summed E-state index contributed by atoms with van der Waals surface area (Å²) >= 11 is 0. The first-order valence-corrected chi connectivity index (χ1v) is 10.1. The zero-order chi connectivity index (χ0) is 18.3. The van der Waals surface area contributed by atoms with Gasteiger partial charge in [0.1, 0.15) is 0 Å². The average Bonchev–Trinajstić information content (AvgIpc) is 3.10. The van der Waals surface area contributed by atoms with Crippen LogP contribution in [0.2, 0.25) is 0 Å². The summed E-state index contributed by atoms with van der Waals surface area (Å²) in [5.74, 6) is 0. The van der Waals surface area contributed by atoms with Crippen LogP contribution in [0.15, 0.2) is 60.7 Å². The molecule has 0 aromatic heterocycles. The van der Waals surface area contributed by atoms with E-state index >= 15 is 0 Å². The highest BCUT2D eigenvalue weighted by Gasteiger charge is 2.34. The molecule has 4 nitrogen and oxygen atoms in total. The van der Waals surface area contributed by atoms with Gasteiger partial charge < -0.3 is 9.47 Å². The molecule has 4 heteroatoms. The molecule has 0 radical (unpaired) electrons. The molecule has 2 fully saturated rings. The maximum atomic E-state index is 6.29. The molecular formula is C23H30N2O2. The summed E-state index contributed by atoms with van der Waals surface area (Å²) < 4.78 is 11.8. The fraction of sp³-hybridized carbons (Fsp3) is 0.478. The summed E-state index contributed by atoms with van der Waals surface area (Å²) in [6, 6.07) is 21.8. The molecule has 2 aromatic carbocycles. The molecule has 2 atom stereocenters. The third kappa shape index (κ3) is 5.39. The third-order valence-corrected chi connectivity index (χ3v) is 5.62. The Labute approximate surface area is 162 Å².